The zero-order chi connectivity index (χ0) is 20.9. The molecule has 0 amide bonds. The number of carboxylic acid groups (broad SMARTS) is 1. The Morgan fingerprint density at radius 1 is 1.21 bits per heavy atom. The number of benzene rings is 2. The highest BCUT2D eigenvalue weighted by atomic mass is 16.5. The Kier molecular flexibility index (Phi) is 4.66. The number of para-hydroxylation sites is 1. The third-order valence-electron chi connectivity index (χ3n) is 5.92. The molecule has 3 N–H and O–H groups in total. The Balaban J connectivity index is 1.94. The minimum absolute atomic E-state index is 0.0993. The zero-order valence-corrected chi connectivity index (χ0v) is 17.6. The van der Waals surface area contributed by atoms with Crippen LogP contribution in [-0.4, -0.2) is 29.2 Å². The van der Waals surface area contributed by atoms with Crippen LogP contribution in [0, 0.1) is 6.92 Å². The third kappa shape index (κ3) is 3.29. The number of aryl methyl sites for hydroxylation is 1. The number of aromatic nitrogens is 1. The van der Waals surface area contributed by atoms with Crippen LogP contribution in [0.15, 0.2) is 36.4 Å². The molecule has 4 rings (SSSR count). The number of aromatic amines is 1. The van der Waals surface area contributed by atoms with Gasteiger partial charge in [0.2, 0.25) is 0 Å². The van der Waals surface area contributed by atoms with Crippen LogP contribution in [0.2, 0.25) is 0 Å². The summed E-state index contributed by atoms with van der Waals surface area (Å²) in [5.74, 6) is 0.0364. The molecule has 0 saturated heterocycles. The standard InChI is InChI=1S/C24H28N2O3/c1-13-10-20(29-5)17(24(2,3)4)11-15(13)21-22-16(12-19(26-21)23(27)28)14-8-6-7-9-18(14)25-22/h6-11,19,21,25-26H,12H2,1-5H3,(H,27,28). The Labute approximate surface area is 171 Å². The summed E-state index contributed by atoms with van der Waals surface area (Å²) in [6.45, 7) is 8.53. The fraction of sp³-hybridized carbons (Fsp3) is 0.375. The molecule has 5 nitrogen and oxygen atoms in total. The predicted molar refractivity (Wildman–Crippen MR) is 115 cm³/mol. The van der Waals surface area contributed by atoms with Gasteiger partial charge in [-0.15, -0.1) is 0 Å². The Hall–Kier alpha value is -2.79. The summed E-state index contributed by atoms with van der Waals surface area (Å²) in [5.41, 5.74) is 6.34. The van der Waals surface area contributed by atoms with Gasteiger partial charge in [-0.05, 0) is 52.8 Å². The summed E-state index contributed by atoms with van der Waals surface area (Å²) in [4.78, 5) is 15.5. The van der Waals surface area contributed by atoms with Crippen LogP contribution in [0.5, 0.6) is 5.75 Å². The molecule has 5 heteroatoms. The molecule has 0 spiro atoms. The second-order valence-corrected chi connectivity index (χ2v) is 8.92. The van der Waals surface area contributed by atoms with E-state index in [1.54, 1.807) is 7.11 Å². The number of hydrogen-bond acceptors (Lipinski definition) is 3. The second-order valence-electron chi connectivity index (χ2n) is 8.92. The summed E-state index contributed by atoms with van der Waals surface area (Å²) >= 11 is 0. The molecule has 2 unspecified atom stereocenters. The van der Waals surface area contributed by atoms with Gasteiger partial charge >= 0.3 is 5.97 Å². The molecule has 29 heavy (non-hydrogen) atoms. The van der Waals surface area contributed by atoms with Crippen LogP contribution in [-0.2, 0) is 16.6 Å². The van der Waals surface area contributed by atoms with Gasteiger partial charge in [-0.3, -0.25) is 10.1 Å². The number of hydrogen-bond donors (Lipinski definition) is 3. The zero-order valence-electron chi connectivity index (χ0n) is 17.6. The average molecular weight is 392 g/mol. The Morgan fingerprint density at radius 3 is 2.59 bits per heavy atom. The van der Waals surface area contributed by atoms with Crippen molar-refractivity contribution in [3.05, 3.63) is 64.3 Å². The van der Waals surface area contributed by atoms with Crippen LogP contribution in [0.25, 0.3) is 10.9 Å². The molecule has 152 valence electrons. The van der Waals surface area contributed by atoms with E-state index in [2.05, 4.69) is 56.2 Å². The molecular formula is C24H28N2O3. The van der Waals surface area contributed by atoms with Gasteiger partial charge in [0, 0.05) is 23.0 Å². The first kappa shape index (κ1) is 19.5. The Bertz CT molecular complexity index is 1090. The van der Waals surface area contributed by atoms with Crippen molar-refractivity contribution in [1.29, 1.82) is 0 Å². The first-order chi connectivity index (χ1) is 13.7. The lowest BCUT2D eigenvalue weighted by Crippen LogP contribution is -2.45. The molecule has 1 aromatic heterocycles. The van der Waals surface area contributed by atoms with E-state index in [0.29, 0.717) is 6.42 Å². The van der Waals surface area contributed by atoms with Gasteiger partial charge < -0.3 is 14.8 Å². The fourth-order valence-corrected chi connectivity index (χ4v) is 4.40. The number of nitrogens with one attached hydrogen (secondary N) is 2. The van der Waals surface area contributed by atoms with E-state index in [1.807, 2.05) is 18.2 Å². The summed E-state index contributed by atoms with van der Waals surface area (Å²) in [6, 6.07) is 11.5. The monoisotopic (exact) mass is 392 g/mol. The number of rotatable bonds is 3. The number of ether oxygens (including phenoxy) is 1. The van der Waals surface area contributed by atoms with Crippen LogP contribution in [0.1, 0.15) is 54.8 Å². The first-order valence-corrected chi connectivity index (χ1v) is 9.98. The molecule has 2 heterocycles. The SMILES string of the molecule is COc1cc(C)c(C2NC(C(=O)O)Cc3c2[nH]c2ccccc32)cc1C(C)(C)C. The molecule has 2 atom stereocenters. The van der Waals surface area contributed by atoms with E-state index in [9.17, 15) is 9.90 Å². The number of aliphatic carboxylic acids is 1. The molecule has 1 aliphatic rings. The molecule has 0 saturated carbocycles. The van der Waals surface area contributed by atoms with Gasteiger partial charge in [0.15, 0.2) is 0 Å². The molecule has 0 bridgehead atoms. The second kappa shape index (κ2) is 6.92. The molecule has 3 aromatic rings. The number of carboxylic acids is 1. The number of H-pyrrole nitrogens is 1. The van der Waals surface area contributed by atoms with E-state index >= 15 is 0 Å². The van der Waals surface area contributed by atoms with Gasteiger partial charge in [0.25, 0.3) is 0 Å². The van der Waals surface area contributed by atoms with Crippen molar-refractivity contribution in [2.24, 2.45) is 0 Å². The molecule has 1 aliphatic heterocycles. The first-order valence-electron chi connectivity index (χ1n) is 9.98. The largest absolute Gasteiger partial charge is 0.496 e. The maximum absolute atomic E-state index is 11.9. The quantitative estimate of drug-likeness (QED) is 0.615. The lowest BCUT2D eigenvalue weighted by Gasteiger charge is -2.32. The van der Waals surface area contributed by atoms with E-state index in [4.69, 9.17) is 4.74 Å². The number of carbonyl (C=O) groups is 1. The highest BCUT2D eigenvalue weighted by Crippen LogP contribution is 2.40. The third-order valence-corrected chi connectivity index (χ3v) is 5.92. The number of methoxy groups -OCH3 is 1. The highest BCUT2D eigenvalue weighted by Gasteiger charge is 2.35. The smallest absolute Gasteiger partial charge is 0.321 e. The lowest BCUT2D eigenvalue weighted by atomic mass is 9.81. The fourth-order valence-electron chi connectivity index (χ4n) is 4.40. The maximum atomic E-state index is 11.9. The topological polar surface area (TPSA) is 74.3 Å². The van der Waals surface area contributed by atoms with Crippen molar-refractivity contribution < 1.29 is 14.6 Å². The van der Waals surface area contributed by atoms with Crippen molar-refractivity contribution in [2.75, 3.05) is 7.11 Å². The highest BCUT2D eigenvalue weighted by molar-refractivity contribution is 5.87. The van der Waals surface area contributed by atoms with E-state index in [1.165, 1.54) is 0 Å². The summed E-state index contributed by atoms with van der Waals surface area (Å²) in [7, 11) is 1.69. The van der Waals surface area contributed by atoms with Gasteiger partial charge in [0.05, 0.1) is 13.2 Å². The van der Waals surface area contributed by atoms with E-state index in [0.717, 1.165) is 44.6 Å². The van der Waals surface area contributed by atoms with Gasteiger partial charge in [-0.25, -0.2) is 0 Å². The van der Waals surface area contributed by atoms with Gasteiger partial charge in [-0.1, -0.05) is 39.0 Å². The van der Waals surface area contributed by atoms with Gasteiger partial charge in [-0.2, -0.15) is 0 Å². The summed E-state index contributed by atoms with van der Waals surface area (Å²) in [5, 5.41) is 14.3. The summed E-state index contributed by atoms with van der Waals surface area (Å²) < 4.78 is 5.65. The lowest BCUT2D eigenvalue weighted by molar-refractivity contribution is -0.139. The van der Waals surface area contributed by atoms with Crippen LogP contribution in [0.4, 0.5) is 0 Å². The Morgan fingerprint density at radius 2 is 1.93 bits per heavy atom. The maximum Gasteiger partial charge on any atom is 0.321 e. The van der Waals surface area contributed by atoms with Crippen LogP contribution in [0.3, 0.4) is 0 Å². The molecule has 0 radical (unpaired) electrons. The van der Waals surface area contributed by atoms with Crippen molar-refractivity contribution >= 4 is 16.9 Å². The minimum atomic E-state index is -0.826. The predicted octanol–water partition coefficient (Wildman–Crippen LogP) is 4.47. The van der Waals surface area contributed by atoms with Crippen LogP contribution >= 0.6 is 0 Å². The van der Waals surface area contributed by atoms with Crippen LogP contribution < -0.4 is 10.1 Å². The van der Waals surface area contributed by atoms with Crippen molar-refractivity contribution in [3.63, 3.8) is 0 Å². The molecule has 2 aromatic carbocycles. The molecular weight excluding hydrogens is 364 g/mol. The van der Waals surface area contributed by atoms with E-state index < -0.39 is 12.0 Å². The molecule has 0 aliphatic carbocycles. The minimum Gasteiger partial charge on any atom is -0.496 e. The van der Waals surface area contributed by atoms with Gasteiger partial charge in [0.1, 0.15) is 11.8 Å². The summed E-state index contributed by atoms with van der Waals surface area (Å²) in [6.07, 6.45) is 0.465. The number of fused-ring (bicyclic) bond motifs is 3. The molecule has 0 fully saturated rings. The van der Waals surface area contributed by atoms with Crippen molar-refractivity contribution in [1.82, 2.24) is 10.3 Å². The van der Waals surface area contributed by atoms with E-state index in [-0.39, 0.29) is 11.5 Å². The average Bonchev–Trinajstić information content (AvgIpc) is 3.05. The van der Waals surface area contributed by atoms with Crippen molar-refractivity contribution in [3.8, 4) is 5.75 Å². The van der Waals surface area contributed by atoms with Crippen molar-refractivity contribution in [2.45, 2.75) is 51.6 Å². The normalized spacial score (nSPS) is 19.2.